The summed E-state index contributed by atoms with van der Waals surface area (Å²) >= 11 is 0. The molecule has 1 aliphatic rings. The number of allylic oxidation sites excluding steroid dienone is 1. The van der Waals surface area contributed by atoms with E-state index in [-0.39, 0.29) is 0 Å². The Morgan fingerprint density at radius 2 is 2.29 bits per heavy atom. The molecule has 6 nitrogen and oxygen atoms in total. The minimum atomic E-state index is -0.882. The van der Waals surface area contributed by atoms with E-state index in [0.717, 1.165) is 16.8 Å². The van der Waals surface area contributed by atoms with Crippen molar-refractivity contribution in [2.45, 2.75) is 32.4 Å². The van der Waals surface area contributed by atoms with E-state index in [9.17, 15) is 9.59 Å². The van der Waals surface area contributed by atoms with Crippen LogP contribution in [0.15, 0.2) is 18.3 Å². The topological polar surface area (TPSA) is 88.5 Å². The Morgan fingerprint density at radius 1 is 1.52 bits per heavy atom. The van der Waals surface area contributed by atoms with Gasteiger partial charge in [0.25, 0.3) is 0 Å². The molecular weight excluding hydrogens is 272 g/mol. The van der Waals surface area contributed by atoms with Crippen LogP contribution in [0.25, 0.3) is 5.57 Å². The second-order valence-electron chi connectivity index (χ2n) is 4.79. The second-order valence-corrected chi connectivity index (χ2v) is 4.79. The van der Waals surface area contributed by atoms with Crippen molar-refractivity contribution in [1.82, 2.24) is 10.3 Å². The molecule has 2 rings (SSSR count). The quantitative estimate of drug-likeness (QED) is 0.764. The van der Waals surface area contributed by atoms with Crippen LogP contribution in [0.5, 0.6) is 0 Å². The molecule has 2 N–H and O–H groups in total. The van der Waals surface area contributed by atoms with Gasteiger partial charge in [0.05, 0.1) is 18.4 Å². The third-order valence-electron chi connectivity index (χ3n) is 3.54. The Morgan fingerprint density at radius 3 is 2.90 bits per heavy atom. The maximum atomic E-state index is 11.8. The lowest BCUT2D eigenvalue weighted by molar-refractivity contribution is -0.139. The normalized spacial score (nSPS) is 14.3. The highest BCUT2D eigenvalue weighted by Crippen LogP contribution is 2.30. The van der Waals surface area contributed by atoms with Crippen LogP contribution in [-0.2, 0) is 27.3 Å². The number of carbonyl (C=O) groups excluding carboxylic acids is 1. The number of nitrogens with zero attached hydrogens (tertiary/aromatic N) is 1. The minimum absolute atomic E-state index is 0.365. The number of carbonyl (C=O) groups is 2. The number of esters is 1. The van der Waals surface area contributed by atoms with E-state index in [2.05, 4.69) is 10.3 Å². The number of hydrogen-bond acceptors (Lipinski definition) is 5. The van der Waals surface area contributed by atoms with Gasteiger partial charge in [0, 0.05) is 24.7 Å². The van der Waals surface area contributed by atoms with Crippen LogP contribution in [0.1, 0.15) is 30.2 Å². The fraction of sp³-hybridized carbons (Fsp3) is 0.400. The zero-order valence-corrected chi connectivity index (χ0v) is 12.0. The zero-order chi connectivity index (χ0) is 15.4. The van der Waals surface area contributed by atoms with E-state index in [0.29, 0.717) is 25.0 Å². The van der Waals surface area contributed by atoms with E-state index < -0.39 is 18.0 Å². The average molecular weight is 290 g/mol. The molecule has 0 fully saturated rings. The average Bonchev–Trinajstić information content (AvgIpc) is 2.91. The molecule has 0 saturated heterocycles. The van der Waals surface area contributed by atoms with E-state index in [1.165, 1.54) is 7.11 Å². The van der Waals surface area contributed by atoms with Gasteiger partial charge in [-0.3, -0.25) is 9.78 Å². The molecular formula is C15H18N2O4. The Balaban J connectivity index is 2.23. The second kappa shape index (κ2) is 6.49. The molecule has 1 aliphatic carbocycles. The van der Waals surface area contributed by atoms with Gasteiger partial charge in [-0.2, -0.15) is 0 Å². The van der Waals surface area contributed by atoms with E-state index in [1.54, 1.807) is 18.3 Å². The van der Waals surface area contributed by atoms with Gasteiger partial charge in [0.1, 0.15) is 6.04 Å². The van der Waals surface area contributed by atoms with Gasteiger partial charge in [-0.15, -0.1) is 0 Å². The lowest BCUT2D eigenvalue weighted by Gasteiger charge is -2.15. The number of methoxy groups -OCH3 is 1. The van der Waals surface area contributed by atoms with Crippen molar-refractivity contribution in [2.75, 3.05) is 7.11 Å². The molecule has 0 amide bonds. The molecule has 0 aromatic carbocycles. The summed E-state index contributed by atoms with van der Waals surface area (Å²) in [4.78, 5) is 27.1. The lowest BCUT2D eigenvalue weighted by atomic mass is 10.0. The van der Waals surface area contributed by atoms with Gasteiger partial charge in [-0.05, 0) is 18.1 Å². The SMILES string of the molecule is CC[C@@H](NCc1ccnc2c1C(C(=O)OC)=CC2)C(=O)O. The van der Waals surface area contributed by atoms with Crippen LogP contribution in [0.2, 0.25) is 0 Å². The van der Waals surface area contributed by atoms with Gasteiger partial charge < -0.3 is 15.2 Å². The summed E-state index contributed by atoms with van der Waals surface area (Å²) in [5.74, 6) is -1.28. The molecule has 0 spiro atoms. The van der Waals surface area contributed by atoms with Crippen molar-refractivity contribution < 1.29 is 19.4 Å². The largest absolute Gasteiger partial charge is 0.480 e. The molecule has 1 heterocycles. The molecule has 0 aliphatic heterocycles. The van der Waals surface area contributed by atoms with Crippen LogP contribution in [-0.4, -0.2) is 35.2 Å². The number of carboxylic acids is 1. The number of pyridine rings is 1. The summed E-state index contributed by atoms with van der Waals surface area (Å²) in [6.07, 6.45) is 4.54. The molecule has 21 heavy (non-hydrogen) atoms. The lowest BCUT2D eigenvalue weighted by Crippen LogP contribution is -2.35. The number of carboxylic acid groups (broad SMARTS) is 1. The van der Waals surface area contributed by atoms with Crippen molar-refractivity contribution in [3.05, 3.63) is 35.2 Å². The molecule has 1 aromatic heterocycles. The van der Waals surface area contributed by atoms with E-state index in [1.807, 2.05) is 6.92 Å². The summed E-state index contributed by atoms with van der Waals surface area (Å²) in [5.41, 5.74) is 2.93. The summed E-state index contributed by atoms with van der Waals surface area (Å²) in [5, 5.41) is 12.0. The molecule has 6 heteroatoms. The third-order valence-corrected chi connectivity index (χ3v) is 3.54. The molecule has 0 saturated carbocycles. The molecule has 0 radical (unpaired) electrons. The smallest absolute Gasteiger partial charge is 0.338 e. The number of ether oxygens (including phenoxy) is 1. The van der Waals surface area contributed by atoms with Crippen molar-refractivity contribution in [3.63, 3.8) is 0 Å². The van der Waals surface area contributed by atoms with Gasteiger partial charge >= 0.3 is 11.9 Å². The highest BCUT2D eigenvalue weighted by atomic mass is 16.5. The summed E-state index contributed by atoms with van der Waals surface area (Å²) in [7, 11) is 1.34. The Bertz CT molecular complexity index is 595. The number of aromatic nitrogens is 1. The van der Waals surface area contributed by atoms with Crippen molar-refractivity contribution in [3.8, 4) is 0 Å². The number of hydrogen-bond donors (Lipinski definition) is 2. The first-order valence-electron chi connectivity index (χ1n) is 6.80. The monoisotopic (exact) mass is 290 g/mol. The van der Waals surface area contributed by atoms with Crippen molar-refractivity contribution >= 4 is 17.5 Å². The van der Waals surface area contributed by atoms with Crippen LogP contribution in [0.4, 0.5) is 0 Å². The standard InChI is InChI=1S/C15H18N2O4/c1-3-11(14(18)19)17-8-9-6-7-16-12-5-4-10(13(9)12)15(20)21-2/h4,6-7,11,17H,3,5,8H2,1-2H3,(H,18,19)/t11-/m1/s1. The van der Waals surface area contributed by atoms with E-state index >= 15 is 0 Å². The first-order valence-corrected chi connectivity index (χ1v) is 6.80. The molecule has 112 valence electrons. The van der Waals surface area contributed by atoms with Crippen LogP contribution >= 0.6 is 0 Å². The Hall–Kier alpha value is -2.21. The summed E-state index contributed by atoms with van der Waals surface area (Å²) in [6, 6.07) is 1.18. The zero-order valence-electron chi connectivity index (χ0n) is 12.0. The molecule has 1 atom stereocenters. The van der Waals surface area contributed by atoms with Crippen molar-refractivity contribution in [1.29, 1.82) is 0 Å². The van der Waals surface area contributed by atoms with Crippen LogP contribution in [0, 0.1) is 0 Å². The number of fused-ring (bicyclic) bond motifs is 1. The maximum absolute atomic E-state index is 11.8. The Labute approximate surface area is 122 Å². The van der Waals surface area contributed by atoms with E-state index in [4.69, 9.17) is 9.84 Å². The van der Waals surface area contributed by atoms with Crippen LogP contribution < -0.4 is 5.32 Å². The molecule has 0 bridgehead atoms. The predicted molar refractivity (Wildman–Crippen MR) is 76.5 cm³/mol. The van der Waals surface area contributed by atoms with Crippen molar-refractivity contribution in [2.24, 2.45) is 0 Å². The fourth-order valence-corrected chi connectivity index (χ4v) is 2.42. The van der Waals surface area contributed by atoms with Gasteiger partial charge in [0.2, 0.25) is 0 Å². The number of aliphatic carboxylic acids is 1. The third kappa shape index (κ3) is 3.11. The summed E-state index contributed by atoms with van der Waals surface area (Å²) < 4.78 is 4.78. The number of nitrogens with one attached hydrogen (secondary N) is 1. The fourth-order valence-electron chi connectivity index (χ4n) is 2.42. The highest BCUT2D eigenvalue weighted by molar-refractivity contribution is 6.18. The highest BCUT2D eigenvalue weighted by Gasteiger charge is 2.25. The van der Waals surface area contributed by atoms with Gasteiger partial charge in [-0.25, -0.2) is 4.79 Å². The number of rotatable bonds is 6. The molecule has 0 unspecified atom stereocenters. The van der Waals surface area contributed by atoms with Gasteiger partial charge in [0.15, 0.2) is 0 Å². The van der Waals surface area contributed by atoms with Crippen LogP contribution in [0.3, 0.4) is 0 Å². The minimum Gasteiger partial charge on any atom is -0.480 e. The Kier molecular flexibility index (Phi) is 4.70. The summed E-state index contributed by atoms with van der Waals surface area (Å²) in [6.45, 7) is 2.17. The van der Waals surface area contributed by atoms with Gasteiger partial charge in [-0.1, -0.05) is 13.0 Å². The predicted octanol–water partition coefficient (Wildman–Crippen LogP) is 1.15. The first-order chi connectivity index (χ1) is 10.1. The first kappa shape index (κ1) is 15.2. The maximum Gasteiger partial charge on any atom is 0.338 e. The molecule has 1 aromatic rings.